The summed E-state index contributed by atoms with van der Waals surface area (Å²) in [6.07, 6.45) is 5.69. The molecule has 0 aliphatic carbocycles. The molecule has 1 N–H and O–H groups in total. The Bertz CT molecular complexity index is 1340. The number of furan rings is 1. The van der Waals surface area contributed by atoms with Crippen LogP contribution < -0.4 is 10.1 Å². The highest BCUT2D eigenvalue weighted by molar-refractivity contribution is 8.26. The molecular weight excluding hydrogens is 458 g/mol. The van der Waals surface area contributed by atoms with E-state index < -0.39 is 6.04 Å². The minimum absolute atomic E-state index is 0.170. The van der Waals surface area contributed by atoms with Crippen molar-refractivity contribution in [2.45, 2.75) is 38.6 Å². The molecule has 6 heteroatoms. The van der Waals surface area contributed by atoms with Gasteiger partial charge in [0.05, 0.1) is 12.9 Å². The number of hydrogen-bond donors (Lipinski definition) is 1. The molecule has 5 nitrogen and oxygen atoms in total. The summed E-state index contributed by atoms with van der Waals surface area (Å²) in [6.45, 7) is 2.78. The molecule has 1 atom stereocenters. The Morgan fingerprint density at radius 1 is 0.971 bits per heavy atom. The minimum Gasteiger partial charge on any atom is -0.494 e. The maximum absolute atomic E-state index is 11.9. The number of carbonyl (C=O) groups excluding carboxylic acids is 2. The molecule has 0 spiro atoms. The number of aryl methyl sites for hydroxylation is 2. The van der Waals surface area contributed by atoms with E-state index in [1.165, 1.54) is 16.7 Å². The highest BCUT2D eigenvalue weighted by atomic mass is 32.2. The van der Waals surface area contributed by atoms with Gasteiger partial charge in [-0.25, -0.2) is 0 Å². The van der Waals surface area contributed by atoms with Gasteiger partial charge >= 0.3 is 0 Å². The Labute approximate surface area is 208 Å². The molecule has 1 fully saturated rings. The highest BCUT2D eigenvalue weighted by Gasteiger charge is 2.32. The number of amides is 1. The SMILES string of the molecule is CCCc1c(CCCOc2ccc(C3NC(=O)SC3=O)cc2)ccc2c(-c3ccccc3)coc12. The molecule has 1 saturated heterocycles. The predicted molar refractivity (Wildman–Crippen MR) is 140 cm³/mol. The molecule has 4 aromatic rings. The van der Waals surface area contributed by atoms with Gasteiger partial charge in [0.15, 0.2) is 0 Å². The summed E-state index contributed by atoms with van der Waals surface area (Å²) in [4.78, 5) is 23.3. The Kier molecular flexibility index (Phi) is 6.91. The number of benzene rings is 3. The molecule has 0 radical (unpaired) electrons. The summed E-state index contributed by atoms with van der Waals surface area (Å²) in [5.74, 6) is 0.751. The Morgan fingerprint density at radius 2 is 1.77 bits per heavy atom. The van der Waals surface area contributed by atoms with Crippen LogP contribution in [0.25, 0.3) is 22.1 Å². The van der Waals surface area contributed by atoms with Crippen molar-refractivity contribution in [3.05, 3.63) is 89.7 Å². The molecule has 1 aliphatic heterocycles. The molecule has 3 aromatic carbocycles. The number of fused-ring (bicyclic) bond motifs is 1. The standard InChI is InChI=1S/C29H27NO4S/c1-2-7-23-20(13-16-24-25(18-34-27(23)24)19-8-4-3-5-9-19)10-6-17-33-22-14-11-21(12-15-22)26-28(31)35-29(32)30-26/h3-5,8-9,11-16,18,26H,2,6-7,10,17H2,1H3,(H,30,32). The molecular formula is C29H27NO4S. The summed E-state index contributed by atoms with van der Waals surface area (Å²) in [5.41, 5.74) is 6.66. The van der Waals surface area contributed by atoms with Crippen molar-refractivity contribution >= 4 is 33.1 Å². The largest absolute Gasteiger partial charge is 0.494 e. The first-order valence-corrected chi connectivity index (χ1v) is 12.8. The molecule has 0 saturated carbocycles. The number of rotatable bonds is 9. The second kappa shape index (κ2) is 10.4. The van der Waals surface area contributed by atoms with E-state index in [0.717, 1.165) is 65.3 Å². The van der Waals surface area contributed by atoms with Gasteiger partial charge in [0.2, 0.25) is 5.12 Å². The van der Waals surface area contributed by atoms with Crippen LogP contribution in [0.5, 0.6) is 5.75 Å². The Morgan fingerprint density at radius 3 is 2.49 bits per heavy atom. The number of ether oxygens (including phenoxy) is 1. The van der Waals surface area contributed by atoms with E-state index in [1.807, 2.05) is 48.7 Å². The summed E-state index contributed by atoms with van der Waals surface area (Å²) < 4.78 is 12.0. The maximum Gasteiger partial charge on any atom is 0.287 e. The summed E-state index contributed by atoms with van der Waals surface area (Å²) in [6, 6.07) is 21.5. The molecule has 5 rings (SSSR count). The third kappa shape index (κ3) is 4.98. The average Bonchev–Trinajstić information content (AvgIpc) is 3.46. The molecule has 0 bridgehead atoms. The second-order valence-corrected chi connectivity index (χ2v) is 9.63. The summed E-state index contributed by atoms with van der Waals surface area (Å²) >= 11 is 0.721. The third-order valence-corrected chi connectivity index (χ3v) is 7.03. The summed E-state index contributed by atoms with van der Waals surface area (Å²) in [7, 11) is 0. The van der Waals surface area contributed by atoms with Gasteiger partial charge in [-0.1, -0.05) is 67.9 Å². The molecule has 1 aliphatic rings. The van der Waals surface area contributed by atoms with Crippen LogP contribution in [-0.2, 0) is 17.6 Å². The van der Waals surface area contributed by atoms with Crippen molar-refractivity contribution in [1.82, 2.24) is 5.32 Å². The van der Waals surface area contributed by atoms with E-state index in [0.29, 0.717) is 6.61 Å². The minimum atomic E-state index is -0.572. The van der Waals surface area contributed by atoms with Crippen molar-refractivity contribution < 1.29 is 18.7 Å². The van der Waals surface area contributed by atoms with Gasteiger partial charge in [0.1, 0.15) is 17.4 Å². The molecule has 178 valence electrons. The van der Waals surface area contributed by atoms with Crippen molar-refractivity contribution in [3.63, 3.8) is 0 Å². The lowest BCUT2D eigenvalue weighted by Gasteiger charge is -2.12. The highest BCUT2D eigenvalue weighted by Crippen LogP contribution is 2.35. The van der Waals surface area contributed by atoms with Crippen molar-refractivity contribution in [3.8, 4) is 16.9 Å². The number of thioether (sulfide) groups is 1. The van der Waals surface area contributed by atoms with Crippen molar-refractivity contribution in [2.24, 2.45) is 0 Å². The number of carbonyl (C=O) groups is 2. The van der Waals surface area contributed by atoms with E-state index in [9.17, 15) is 9.59 Å². The third-order valence-electron chi connectivity index (χ3n) is 6.29. The van der Waals surface area contributed by atoms with Crippen LogP contribution in [0.3, 0.4) is 0 Å². The fourth-order valence-electron chi connectivity index (χ4n) is 4.58. The van der Waals surface area contributed by atoms with Gasteiger partial charge in [-0.05, 0) is 53.6 Å². The van der Waals surface area contributed by atoms with Crippen molar-refractivity contribution in [2.75, 3.05) is 6.61 Å². The van der Waals surface area contributed by atoms with Gasteiger partial charge in [-0.15, -0.1) is 0 Å². The summed E-state index contributed by atoms with van der Waals surface area (Å²) in [5, 5.41) is 3.37. The van der Waals surface area contributed by atoms with Crippen LogP contribution in [0.1, 0.15) is 42.5 Å². The number of nitrogens with one attached hydrogen (secondary N) is 1. The quantitative estimate of drug-likeness (QED) is 0.256. The smallest absolute Gasteiger partial charge is 0.287 e. The molecule has 2 heterocycles. The van der Waals surface area contributed by atoms with E-state index in [4.69, 9.17) is 9.15 Å². The predicted octanol–water partition coefficient (Wildman–Crippen LogP) is 7.09. The molecule has 35 heavy (non-hydrogen) atoms. The van der Waals surface area contributed by atoms with Crippen LogP contribution in [0, 0.1) is 0 Å². The van der Waals surface area contributed by atoms with Gasteiger partial charge in [0.25, 0.3) is 5.24 Å². The second-order valence-electron chi connectivity index (χ2n) is 8.65. The average molecular weight is 486 g/mol. The first kappa shape index (κ1) is 23.2. The van der Waals surface area contributed by atoms with Crippen LogP contribution in [0.2, 0.25) is 0 Å². The van der Waals surface area contributed by atoms with Crippen LogP contribution in [0.15, 0.2) is 77.4 Å². The fourth-order valence-corrected chi connectivity index (χ4v) is 5.25. The first-order valence-electron chi connectivity index (χ1n) is 12.0. The molecule has 1 aromatic heterocycles. The zero-order valence-corrected chi connectivity index (χ0v) is 20.4. The monoisotopic (exact) mass is 485 g/mol. The van der Waals surface area contributed by atoms with Crippen LogP contribution >= 0.6 is 11.8 Å². The van der Waals surface area contributed by atoms with E-state index in [2.05, 4.69) is 36.5 Å². The molecule has 1 unspecified atom stereocenters. The normalized spacial score (nSPS) is 15.5. The first-order chi connectivity index (χ1) is 17.1. The van der Waals surface area contributed by atoms with Crippen LogP contribution in [-0.4, -0.2) is 17.0 Å². The topological polar surface area (TPSA) is 68.5 Å². The zero-order valence-electron chi connectivity index (χ0n) is 19.6. The van der Waals surface area contributed by atoms with E-state index in [-0.39, 0.29) is 10.4 Å². The van der Waals surface area contributed by atoms with Gasteiger partial charge in [-0.2, -0.15) is 0 Å². The fraction of sp³-hybridized carbons (Fsp3) is 0.241. The van der Waals surface area contributed by atoms with Crippen LogP contribution in [0.4, 0.5) is 4.79 Å². The Balaban J connectivity index is 1.23. The Hall–Kier alpha value is -3.51. The van der Waals surface area contributed by atoms with Gasteiger partial charge < -0.3 is 14.5 Å². The zero-order chi connectivity index (χ0) is 24.2. The lowest BCUT2D eigenvalue weighted by atomic mass is 9.95. The number of hydrogen-bond acceptors (Lipinski definition) is 5. The lowest BCUT2D eigenvalue weighted by Crippen LogP contribution is -2.19. The molecule has 1 amide bonds. The van der Waals surface area contributed by atoms with E-state index in [1.54, 1.807) is 0 Å². The van der Waals surface area contributed by atoms with Crippen molar-refractivity contribution in [1.29, 1.82) is 0 Å². The van der Waals surface area contributed by atoms with E-state index >= 15 is 0 Å². The maximum atomic E-state index is 11.9. The van der Waals surface area contributed by atoms with Gasteiger partial charge in [-0.3, -0.25) is 9.59 Å². The lowest BCUT2D eigenvalue weighted by molar-refractivity contribution is -0.112. The van der Waals surface area contributed by atoms with Gasteiger partial charge in [0, 0.05) is 22.7 Å².